The monoisotopic (exact) mass is 489 g/mol. The van der Waals surface area contributed by atoms with Gasteiger partial charge in [0.2, 0.25) is 0 Å². The van der Waals surface area contributed by atoms with Crippen molar-refractivity contribution in [3.8, 4) is 0 Å². The Morgan fingerprint density at radius 3 is 2.50 bits per heavy atom. The summed E-state index contributed by atoms with van der Waals surface area (Å²) >= 11 is 0. The van der Waals surface area contributed by atoms with Gasteiger partial charge in [-0.25, -0.2) is 14.2 Å². The first-order valence-electron chi connectivity index (χ1n) is 12.8. The van der Waals surface area contributed by atoms with Crippen molar-refractivity contribution in [3.63, 3.8) is 0 Å². The number of fused-ring (bicyclic) bond motifs is 1. The minimum absolute atomic E-state index is 0.00244. The topological polar surface area (TPSA) is 61.8 Å². The lowest BCUT2D eigenvalue weighted by Gasteiger charge is -2.58. The van der Waals surface area contributed by atoms with Gasteiger partial charge in [-0.3, -0.25) is 9.88 Å². The number of likely N-dealkylation sites (tertiary alicyclic amines) is 1. The average Bonchev–Trinajstić information content (AvgIpc) is 2.83. The molecule has 2 aromatic carbocycles. The van der Waals surface area contributed by atoms with E-state index in [1.165, 1.54) is 12.1 Å². The molecule has 3 aromatic rings. The van der Waals surface area contributed by atoms with Gasteiger partial charge in [0.05, 0.1) is 17.2 Å². The molecule has 2 atom stereocenters. The number of halogens is 1. The highest BCUT2D eigenvalue weighted by molar-refractivity contribution is 5.75. The zero-order chi connectivity index (χ0) is 24.9. The molecule has 1 saturated carbocycles. The third kappa shape index (κ3) is 4.39. The van der Waals surface area contributed by atoms with Gasteiger partial charge < -0.3 is 14.5 Å². The molecule has 0 bridgehead atoms. The number of benzene rings is 2. The van der Waals surface area contributed by atoms with Crippen LogP contribution in [0.15, 0.2) is 54.7 Å². The van der Waals surface area contributed by atoms with Crippen LogP contribution in [0.1, 0.15) is 32.3 Å². The molecule has 3 fully saturated rings. The van der Waals surface area contributed by atoms with Gasteiger partial charge in [0.1, 0.15) is 17.7 Å². The average molecular weight is 490 g/mol. The summed E-state index contributed by atoms with van der Waals surface area (Å²) < 4.78 is 19.0. The lowest BCUT2D eigenvalue weighted by molar-refractivity contribution is -0.137. The van der Waals surface area contributed by atoms with Crippen molar-refractivity contribution in [3.05, 3.63) is 66.1 Å². The smallest absolute Gasteiger partial charge is 0.410 e. The molecule has 1 amide bonds. The van der Waals surface area contributed by atoms with Gasteiger partial charge in [-0.05, 0) is 56.5 Å². The second-order valence-corrected chi connectivity index (χ2v) is 10.9. The van der Waals surface area contributed by atoms with Crippen LogP contribution in [0.4, 0.5) is 15.0 Å². The maximum absolute atomic E-state index is 13.1. The molecule has 7 nitrogen and oxygen atoms in total. The number of nitrogens with zero attached hydrogens (tertiary/aromatic N) is 5. The largest absolute Gasteiger partial charge is 0.446 e. The number of carbonyl (C=O) groups is 1. The van der Waals surface area contributed by atoms with Crippen molar-refractivity contribution >= 4 is 22.9 Å². The van der Waals surface area contributed by atoms with Crippen molar-refractivity contribution in [2.24, 2.45) is 5.41 Å². The predicted molar refractivity (Wildman–Crippen MR) is 136 cm³/mol. The molecule has 1 aromatic heterocycles. The molecule has 188 valence electrons. The predicted octanol–water partition coefficient (Wildman–Crippen LogP) is 4.47. The van der Waals surface area contributed by atoms with Crippen molar-refractivity contribution in [2.75, 3.05) is 31.1 Å². The summed E-state index contributed by atoms with van der Waals surface area (Å²) in [6.45, 7) is 8.33. The molecule has 6 rings (SSSR count). The Morgan fingerprint density at radius 2 is 1.75 bits per heavy atom. The zero-order valence-corrected chi connectivity index (χ0v) is 20.8. The lowest BCUT2D eigenvalue weighted by atomic mass is 9.61. The van der Waals surface area contributed by atoms with E-state index in [-0.39, 0.29) is 35.5 Å². The first-order valence-corrected chi connectivity index (χ1v) is 12.8. The highest BCUT2D eigenvalue weighted by Crippen LogP contribution is 2.50. The number of hydrogen-bond donors (Lipinski definition) is 0. The first kappa shape index (κ1) is 23.2. The first-order chi connectivity index (χ1) is 17.4. The molecule has 36 heavy (non-hydrogen) atoms. The van der Waals surface area contributed by atoms with E-state index in [1.807, 2.05) is 47.5 Å². The molecule has 8 heteroatoms. The molecule has 3 aliphatic rings. The van der Waals surface area contributed by atoms with E-state index in [0.717, 1.165) is 54.9 Å². The molecule has 2 saturated heterocycles. The zero-order valence-electron chi connectivity index (χ0n) is 20.8. The van der Waals surface area contributed by atoms with Crippen LogP contribution in [-0.2, 0) is 11.3 Å². The number of para-hydroxylation sites is 2. The highest BCUT2D eigenvalue weighted by Gasteiger charge is 2.54. The maximum Gasteiger partial charge on any atom is 0.410 e. The summed E-state index contributed by atoms with van der Waals surface area (Å²) in [6.07, 6.45) is 3.47. The van der Waals surface area contributed by atoms with E-state index < -0.39 is 0 Å². The van der Waals surface area contributed by atoms with Crippen LogP contribution >= 0.6 is 0 Å². The fraction of sp³-hybridized carbons (Fsp3) is 0.464. The van der Waals surface area contributed by atoms with Crippen molar-refractivity contribution in [1.82, 2.24) is 19.8 Å². The molecular formula is C28H32FN5O2. The Kier molecular flexibility index (Phi) is 5.79. The van der Waals surface area contributed by atoms with E-state index in [4.69, 9.17) is 9.72 Å². The Balaban J connectivity index is 0.993. The van der Waals surface area contributed by atoms with Crippen LogP contribution in [0.3, 0.4) is 0 Å². The number of aromatic nitrogens is 2. The fourth-order valence-electron chi connectivity index (χ4n) is 6.11. The molecule has 2 aliphatic heterocycles. The van der Waals surface area contributed by atoms with Crippen molar-refractivity contribution in [1.29, 1.82) is 0 Å². The van der Waals surface area contributed by atoms with Crippen LogP contribution in [0, 0.1) is 11.2 Å². The summed E-state index contributed by atoms with van der Waals surface area (Å²) in [5, 5.41) is 0. The SMILES string of the molecule is C[C@@H]1CN(c2cnc3ccccc3n2)[C@@H](C)CN1C(=O)OC1CC2(C1)CN(Cc1ccc(F)cc1)C2. The summed E-state index contributed by atoms with van der Waals surface area (Å²) in [4.78, 5) is 28.9. The molecule has 0 radical (unpaired) electrons. The van der Waals surface area contributed by atoms with Gasteiger partial charge in [0.25, 0.3) is 0 Å². The van der Waals surface area contributed by atoms with Crippen LogP contribution in [-0.4, -0.2) is 70.2 Å². The van der Waals surface area contributed by atoms with Crippen LogP contribution in [0.25, 0.3) is 11.0 Å². The quantitative estimate of drug-likeness (QED) is 0.539. The minimum atomic E-state index is -0.207. The highest BCUT2D eigenvalue weighted by atomic mass is 19.1. The van der Waals surface area contributed by atoms with Gasteiger partial charge in [0.15, 0.2) is 0 Å². The molecule has 1 aliphatic carbocycles. The number of rotatable bonds is 4. The maximum atomic E-state index is 13.1. The number of amides is 1. The standard InChI is InChI=1S/C28H32FN5O2/c1-19-15-34(20(2)14-33(19)26-13-30-24-5-3-4-6-25(24)31-26)27(35)36-23-11-28(12-23)17-32(18-28)16-21-7-9-22(29)10-8-21/h3-10,13,19-20,23H,11-12,14-18H2,1-2H3/t19-,20+/m0/s1. The second kappa shape index (κ2) is 9.00. The third-order valence-corrected chi connectivity index (χ3v) is 7.98. The van der Waals surface area contributed by atoms with Gasteiger partial charge >= 0.3 is 6.09 Å². The van der Waals surface area contributed by atoms with E-state index >= 15 is 0 Å². The van der Waals surface area contributed by atoms with Crippen LogP contribution in [0.5, 0.6) is 0 Å². The number of carbonyl (C=O) groups excluding carboxylic acids is 1. The van der Waals surface area contributed by atoms with Crippen LogP contribution in [0.2, 0.25) is 0 Å². The number of ether oxygens (including phenoxy) is 1. The van der Waals surface area contributed by atoms with Gasteiger partial charge in [-0.15, -0.1) is 0 Å². The Bertz CT molecular complexity index is 1250. The third-order valence-electron chi connectivity index (χ3n) is 7.98. The van der Waals surface area contributed by atoms with E-state index in [1.54, 1.807) is 0 Å². The molecule has 3 heterocycles. The normalized spacial score (nSPS) is 24.0. The molecule has 1 spiro atoms. The van der Waals surface area contributed by atoms with Gasteiger partial charge in [-0.2, -0.15) is 0 Å². The van der Waals surface area contributed by atoms with Crippen molar-refractivity contribution in [2.45, 2.75) is 51.4 Å². The fourth-order valence-corrected chi connectivity index (χ4v) is 6.11. The van der Waals surface area contributed by atoms with Crippen molar-refractivity contribution < 1.29 is 13.9 Å². The second-order valence-electron chi connectivity index (χ2n) is 10.9. The number of hydrogen-bond acceptors (Lipinski definition) is 6. The summed E-state index contributed by atoms with van der Waals surface area (Å²) in [5.74, 6) is 0.646. The Hall–Kier alpha value is -3.26. The number of piperazine rings is 1. The Morgan fingerprint density at radius 1 is 1.03 bits per heavy atom. The summed E-state index contributed by atoms with van der Waals surface area (Å²) in [7, 11) is 0. The Labute approximate surface area is 210 Å². The summed E-state index contributed by atoms with van der Waals surface area (Å²) in [5.41, 5.74) is 3.16. The lowest BCUT2D eigenvalue weighted by Crippen LogP contribution is -2.64. The van der Waals surface area contributed by atoms with E-state index in [9.17, 15) is 9.18 Å². The number of anilines is 1. The molecular weight excluding hydrogens is 457 g/mol. The van der Waals surface area contributed by atoms with E-state index in [0.29, 0.717) is 13.1 Å². The van der Waals surface area contributed by atoms with Gasteiger partial charge in [-0.1, -0.05) is 24.3 Å². The molecule has 0 unspecified atom stereocenters. The van der Waals surface area contributed by atoms with Gasteiger partial charge in [0, 0.05) is 50.2 Å². The van der Waals surface area contributed by atoms with E-state index in [2.05, 4.69) is 28.6 Å². The van der Waals surface area contributed by atoms with Crippen LogP contribution < -0.4 is 4.90 Å². The molecule has 0 N–H and O–H groups in total. The summed E-state index contributed by atoms with van der Waals surface area (Å²) in [6, 6.07) is 14.7. The minimum Gasteiger partial charge on any atom is -0.446 e.